The fraction of sp³-hybridized carbons (Fsp3) is 0.0909. The molecule has 5 rings (SSSR count). The average molecular weight is 387 g/mol. The van der Waals surface area contributed by atoms with Gasteiger partial charge in [0.1, 0.15) is 0 Å². The van der Waals surface area contributed by atoms with Gasteiger partial charge in [0.2, 0.25) is 0 Å². The number of aromatic nitrogens is 2. The lowest BCUT2D eigenvalue weighted by atomic mass is 9.91. The molecule has 0 fully saturated rings. The van der Waals surface area contributed by atoms with Crippen LogP contribution in [0.4, 0.5) is 0 Å². The molecule has 0 atom stereocenters. The standard InChI is InChI=1S/C22H15BrN2/c23-19-11-10-18(16-5-1-2-6-17(16)19)20-12-9-15-8-7-14-4-3-13-24-21(14)22(15)25-20/h1,3-5,7-13H,2,6H2. The third-order valence-electron chi connectivity index (χ3n) is 4.85. The summed E-state index contributed by atoms with van der Waals surface area (Å²) in [5.41, 5.74) is 6.76. The van der Waals surface area contributed by atoms with Crippen molar-refractivity contribution in [2.75, 3.05) is 0 Å². The zero-order valence-electron chi connectivity index (χ0n) is 13.5. The number of nitrogens with zero attached hydrogens (tertiary/aromatic N) is 2. The third-order valence-corrected chi connectivity index (χ3v) is 5.60. The van der Waals surface area contributed by atoms with E-state index in [1.54, 1.807) is 0 Å². The summed E-state index contributed by atoms with van der Waals surface area (Å²) in [5, 5.41) is 2.24. The van der Waals surface area contributed by atoms with E-state index in [0.29, 0.717) is 0 Å². The van der Waals surface area contributed by atoms with Crippen LogP contribution in [0.3, 0.4) is 0 Å². The SMILES string of the molecule is Brc1ccc(-c2ccc3ccc4cccnc4c3n2)c2c1CCC=C2. The van der Waals surface area contributed by atoms with Crippen molar-refractivity contribution in [3.63, 3.8) is 0 Å². The van der Waals surface area contributed by atoms with Gasteiger partial charge in [0.05, 0.1) is 16.7 Å². The highest BCUT2D eigenvalue weighted by Crippen LogP contribution is 2.35. The van der Waals surface area contributed by atoms with E-state index in [9.17, 15) is 0 Å². The first-order valence-electron chi connectivity index (χ1n) is 8.44. The Morgan fingerprint density at radius 2 is 1.72 bits per heavy atom. The van der Waals surface area contributed by atoms with E-state index < -0.39 is 0 Å². The van der Waals surface area contributed by atoms with Crippen LogP contribution in [-0.4, -0.2) is 9.97 Å². The number of halogens is 1. The summed E-state index contributed by atoms with van der Waals surface area (Å²) in [5.74, 6) is 0. The maximum atomic E-state index is 5.00. The molecule has 2 heterocycles. The van der Waals surface area contributed by atoms with Crippen molar-refractivity contribution < 1.29 is 0 Å². The number of rotatable bonds is 1. The molecule has 0 bridgehead atoms. The highest BCUT2D eigenvalue weighted by Gasteiger charge is 2.15. The number of allylic oxidation sites excluding steroid dienone is 1. The quantitative estimate of drug-likeness (QED) is 0.365. The van der Waals surface area contributed by atoms with E-state index in [2.05, 4.69) is 75.5 Å². The van der Waals surface area contributed by atoms with Gasteiger partial charge >= 0.3 is 0 Å². The lowest BCUT2D eigenvalue weighted by Gasteiger charge is -2.17. The molecule has 1 aliphatic carbocycles. The second-order valence-electron chi connectivity index (χ2n) is 6.34. The van der Waals surface area contributed by atoms with Gasteiger partial charge in [-0.3, -0.25) is 4.98 Å². The van der Waals surface area contributed by atoms with Crippen LogP contribution in [0.15, 0.2) is 65.3 Å². The Morgan fingerprint density at radius 1 is 0.880 bits per heavy atom. The number of hydrogen-bond donors (Lipinski definition) is 0. The van der Waals surface area contributed by atoms with Gasteiger partial charge in [-0.2, -0.15) is 0 Å². The number of fused-ring (bicyclic) bond motifs is 4. The van der Waals surface area contributed by atoms with Crippen molar-refractivity contribution >= 4 is 43.8 Å². The summed E-state index contributed by atoms with van der Waals surface area (Å²) in [6.45, 7) is 0. The first-order valence-corrected chi connectivity index (χ1v) is 9.23. The molecule has 0 spiro atoms. The molecule has 2 nitrogen and oxygen atoms in total. The highest BCUT2D eigenvalue weighted by atomic mass is 79.9. The van der Waals surface area contributed by atoms with E-state index in [0.717, 1.165) is 40.3 Å². The smallest absolute Gasteiger partial charge is 0.0972 e. The molecule has 120 valence electrons. The zero-order chi connectivity index (χ0) is 16.8. The predicted molar refractivity (Wildman–Crippen MR) is 108 cm³/mol. The monoisotopic (exact) mass is 386 g/mol. The Kier molecular flexibility index (Phi) is 3.42. The van der Waals surface area contributed by atoms with Gasteiger partial charge in [-0.25, -0.2) is 4.98 Å². The van der Waals surface area contributed by atoms with Gasteiger partial charge < -0.3 is 0 Å². The minimum atomic E-state index is 0.961. The highest BCUT2D eigenvalue weighted by molar-refractivity contribution is 9.10. The molecular formula is C22H15BrN2. The average Bonchev–Trinajstić information content (AvgIpc) is 2.68. The van der Waals surface area contributed by atoms with Crippen molar-refractivity contribution in [3.05, 3.63) is 76.4 Å². The van der Waals surface area contributed by atoms with Gasteiger partial charge in [-0.15, -0.1) is 0 Å². The van der Waals surface area contributed by atoms with E-state index in [1.807, 2.05) is 12.3 Å². The first kappa shape index (κ1) is 14.8. The number of benzene rings is 2. The van der Waals surface area contributed by atoms with Crippen LogP contribution >= 0.6 is 15.9 Å². The minimum Gasteiger partial charge on any atom is -0.254 e. The van der Waals surface area contributed by atoms with Crippen LogP contribution in [-0.2, 0) is 6.42 Å². The molecule has 2 aromatic carbocycles. The van der Waals surface area contributed by atoms with Gasteiger partial charge in [0, 0.05) is 27.0 Å². The van der Waals surface area contributed by atoms with Crippen LogP contribution in [0.2, 0.25) is 0 Å². The van der Waals surface area contributed by atoms with Crippen molar-refractivity contribution in [3.8, 4) is 11.3 Å². The van der Waals surface area contributed by atoms with Crippen LogP contribution in [0, 0.1) is 0 Å². The maximum Gasteiger partial charge on any atom is 0.0972 e. The van der Waals surface area contributed by atoms with Crippen molar-refractivity contribution in [2.24, 2.45) is 0 Å². The molecule has 0 N–H and O–H groups in total. The Bertz CT molecular complexity index is 1160. The summed E-state index contributed by atoms with van der Waals surface area (Å²) in [4.78, 5) is 9.56. The van der Waals surface area contributed by atoms with Crippen LogP contribution in [0.1, 0.15) is 17.5 Å². The summed E-state index contributed by atoms with van der Waals surface area (Å²) in [7, 11) is 0. The van der Waals surface area contributed by atoms with Gasteiger partial charge in [-0.1, -0.05) is 58.4 Å². The topological polar surface area (TPSA) is 25.8 Å². The zero-order valence-corrected chi connectivity index (χ0v) is 15.1. The molecule has 0 unspecified atom stereocenters. The van der Waals surface area contributed by atoms with Crippen molar-refractivity contribution in [1.29, 1.82) is 0 Å². The normalized spacial score (nSPS) is 13.3. The molecule has 0 radical (unpaired) electrons. The van der Waals surface area contributed by atoms with Gasteiger partial charge in [0.15, 0.2) is 0 Å². The lowest BCUT2D eigenvalue weighted by Crippen LogP contribution is -1.99. The van der Waals surface area contributed by atoms with E-state index in [4.69, 9.17) is 4.98 Å². The van der Waals surface area contributed by atoms with Gasteiger partial charge in [0.25, 0.3) is 0 Å². The van der Waals surface area contributed by atoms with E-state index in [-0.39, 0.29) is 0 Å². The Hall–Kier alpha value is -2.52. The molecule has 4 aromatic rings. The fourth-order valence-corrected chi connectivity index (χ4v) is 4.15. The molecular weight excluding hydrogens is 372 g/mol. The van der Waals surface area contributed by atoms with Gasteiger partial charge in [-0.05, 0) is 42.2 Å². The molecule has 25 heavy (non-hydrogen) atoms. The predicted octanol–water partition coefficient (Wildman–Crippen LogP) is 6.17. The number of pyridine rings is 2. The molecule has 1 aliphatic rings. The largest absolute Gasteiger partial charge is 0.254 e. The summed E-state index contributed by atoms with van der Waals surface area (Å²) < 4.78 is 1.18. The summed E-state index contributed by atoms with van der Waals surface area (Å²) in [6.07, 6.45) is 8.47. The van der Waals surface area contributed by atoms with E-state index >= 15 is 0 Å². The lowest BCUT2D eigenvalue weighted by molar-refractivity contribution is 0.979. The Labute approximate surface area is 154 Å². The Balaban J connectivity index is 1.80. The Morgan fingerprint density at radius 3 is 2.64 bits per heavy atom. The van der Waals surface area contributed by atoms with Crippen molar-refractivity contribution in [2.45, 2.75) is 12.8 Å². The first-order chi connectivity index (χ1) is 12.3. The minimum absolute atomic E-state index is 0.961. The molecule has 0 amide bonds. The summed E-state index contributed by atoms with van der Waals surface area (Å²) in [6, 6.07) is 16.8. The molecule has 0 aliphatic heterocycles. The fourth-order valence-electron chi connectivity index (χ4n) is 3.61. The van der Waals surface area contributed by atoms with Crippen LogP contribution in [0.25, 0.3) is 39.1 Å². The summed E-state index contributed by atoms with van der Waals surface area (Å²) >= 11 is 3.70. The molecule has 0 saturated heterocycles. The molecule has 3 heteroatoms. The van der Waals surface area contributed by atoms with E-state index in [1.165, 1.54) is 21.2 Å². The number of hydrogen-bond acceptors (Lipinski definition) is 2. The molecule has 2 aromatic heterocycles. The molecule has 0 saturated carbocycles. The van der Waals surface area contributed by atoms with Crippen molar-refractivity contribution in [1.82, 2.24) is 9.97 Å². The maximum absolute atomic E-state index is 5.00. The second-order valence-corrected chi connectivity index (χ2v) is 7.19. The second kappa shape index (κ2) is 5.78. The van der Waals surface area contributed by atoms with Crippen LogP contribution in [0.5, 0.6) is 0 Å². The third kappa shape index (κ3) is 2.38. The van der Waals surface area contributed by atoms with Crippen LogP contribution < -0.4 is 0 Å².